The van der Waals surface area contributed by atoms with Gasteiger partial charge in [0.15, 0.2) is 5.78 Å². The molecule has 0 bridgehead atoms. The Hall–Kier alpha value is -3.98. The number of hydrogen-bond donors (Lipinski definition) is 1. The van der Waals surface area contributed by atoms with E-state index in [1.165, 1.54) is 19.1 Å². The maximum atomic E-state index is 12.4. The standard InChI is InChI=1S/C28H29N3O5S/c1-4-20-8-13-24(14-9-20)37(34,35)30-28(33)36-17-16-21-6-11-23(12-7-21)31-26-15-10-22(19(3)32)18-25(26)29-27(31)5-2/h6-15,18H,4-5,16-17H2,1-3H3,(H,30,33). The fourth-order valence-corrected chi connectivity index (χ4v) is 4.94. The van der Waals surface area contributed by atoms with E-state index >= 15 is 0 Å². The van der Waals surface area contributed by atoms with Crippen molar-refractivity contribution in [1.82, 2.24) is 14.3 Å². The number of nitrogens with one attached hydrogen (secondary N) is 1. The number of carbonyl (C=O) groups excluding carboxylic acids is 2. The highest BCUT2D eigenvalue weighted by molar-refractivity contribution is 7.90. The zero-order chi connectivity index (χ0) is 26.6. The lowest BCUT2D eigenvalue weighted by molar-refractivity contribution is 0.101. The summed E-state index contributed by atoms with van der Waals surface area (Å²) in [6.45, 7) is 5.56. The summed E-state index contributed by atoms with van der Waals surface area (Å²) >= 11 is 0. The lowest BCUT2D eigenvalue weighted by Crippen LogP contribution is -2.31. The normalized spacial score (nSPS) is 11.4. The van der Waals surface area contributed by atoms with Crippen molar-refractivity contribution >= 4 is 32.9 Å². The van der Waals surface area contributed by atoms with Crippen LogP contribution in [0.25, 0.3) is 16.7 Å². The largest absolute Gasteiger partial charge is 0.448 e. The first-order valence-electron chi connectivity index (χ1n) is 12.1. The summed E-state index contributed by atoms with van der Waals surface area (Å²) in [5, 5.41) is 0. The number of ether oxygens (including phenoxy) is 1. The Balaban J connectivity index is 1.39. The second-order valence-corrected chi connectivity index (χ2v) is 10.3. The summed E-state index contributed by atoms with van der Waals surface area (Å²) < 4.78 is 33.9. The number of nitrogens with zero attached hydrogens (tertiary/aromatic N) is 2. The number of fused-ring (bicyclic) bond motifs is 1. The van der Waals surface area contributed by atoms with Crippen LogP contribution in [0.2, 0.25) is 0 Å². The maximum Gasteiger partial charge on any atom is 0.421 e. The third-order valence-corrected chi connectivity index (χ3v) is 7.45. The fraction of sp³-hybridized carbons (Fsp3) is 0.250. The highest BCUT2D eigenvalue weighted by Gasteiger charge is 2.18. The maximum absolute atomic E-state index is 12.4. The third kappa shape index (κ3) is 5.89. The monoisotopic (exact) mass is 519 g/mol. The molecule has 0 saturated carbocycles. The molecule has 1 amide bonds. The number of aryl methyl sites for hydroxylation is 2. The van der Waals surface area contributed by atoms with Gasteiger partial charge in [-0.2, -0.15) is 0 Å². The van der Waals surface area contributed by atoms with Gasteiger partial charge in [-0.15, -0.1) is 0 Å². The number of amides is 1. The van der Waals surface area contributed by atoms with Gasteiger partial charge in [0.1, 0.15) is 5.82 Å². The van der Waals surface area contributed by atoms with E-state index in [0.717, 1.165) is 46.5 Å². The number of ketones is 1. The second kappa shape index (κ2) is 11.0. The summed E-state index contributed by atoms with van der Waals surface area (Å²) in [5.41, 5.74) is 5.17. The van der Waals surface area contributed by atoms with Crippen LogP contribution in [0.5, 0.6) is 0 Å². The van der Waals surface area contributed by atoms with Gasteiger partial charge in [0.2, 0.25) is 0 Å². The molecule has 0 aliphatic heterocycles. The second-order valence-electron chi connectivity index (χ2n) is 8.63. The fourth-order valence-electron chi connectivity index (χ4n) is 4.05. The van der Waals surface area contributed by atoms with E-state index in [-0.39, 0.29) is 17.3 Å². The SMILES string of the molecule is CCc1ccc(S(=O)(=O)NC(=O)OCCc2ccc(-n3c(CC)nc4cc(C(C)=O)ccc43)cc2)cc1. The van der Waals surface area contributed by atoms with E-state index < -0.39 is 16.1 Å². The van der Waals surface area contributed by atoms with Crippen molar-refractivity contribution in [1.29, 1.82) is 0 Å². The van der Waals surface area contributed by atoms with Gasteiger partial charge >= 0.3 is 6.09 Å². The summed E-state index contributed by atoms with van der Waals surface area (Å²) in [5.74, 6) is 0.881. The Bertz CT molecular complexity index is 1540. The molecule has 0 radical (unpaired) electrons. The number of sulfonamides is 1. The molecule has 0 fully saturated rings. The molecule has 3 aromatic carbocycles. The van der Waals surface area contributed by atoms with Crippen LogP contribution in [-0.2, 0) is 34.0 Å². The molecule has 0 aliphatic carbocycles. The molecule has 8 nitrogen and oxygen atoms in total. The zero-order valence-corrected chi connectivity index (χ0v) is 21.8. The average molecular weight is 520 g/mol. The van der Waals surface area contributed by atoms with E-state index in [2.05, 4.69) is 4.57 Å². The van der Waals surface area contributed by atoms with E-state index in [4.69, 9.17) is 9.72 Å². The van der Waals surface area contributed by atoms with Crippen LogP contribution in [0.15, 0.2) is 71.6 Å². The smallest absolute Gasteiger partial charge is 0.421 e. The first-order chi connectivity index (χ1) is 17.7. The number of aromatic nitrogens is 2. The van der Waals surface area contributed by atoms with Crippen LogP contribution in [0, 0.1) is 0 Å². The van der Waals surface area contributed by atoms with Crippen LogP contribution in [0.3, 0.4) is 0 Å². The minimum absolute atomic E-state index is 0.00187. The van der Waals surface area contributed by atoms with Crippen molar-refractivity contribution in [3.05, 3.63) is 89.2 Å². The van der Waals surface area contributed by atoms with E-state index in [9.17, 15) is 18.0 Å². The predicted octanol–water partition coefficient (Wildman–Crippen LogP) is 5.01. The Morgan fingerprint density at radius 1 is 0.919 bits per heavy atom. The molecular formula is C28H29N3O5S. The van der Waals surface area contributed by atoms with Crippen molar-refractivity contribution in [2.75, 3.05) is 6.61 Å². The zero-order valence-electron chi connectivity index (χ0n) is 21.0. The number of carbonyl (C=O) groups is 2. The minimum Gasteiger partial charge on any atom is -0.448 e. The van der Waals surface area contributed by atoms with Gasteiger partial charge in [-0.3, -0.25) is 9.36 Å². The van der Waals surface area contributed by atoms with Crippen LogP contribution >= 0.6 is 0 Å². The third-order valence-electron chi connectivity index (χ3n) is 6.12. The van der Waals surface area contributed by atoms with Gasteiger partial charge in [-0.05, 0) is 66.9 Å². The highest BCUT2D eigenvalue weighted by atomic mass is 32.2. The Labute approximate surface area is 216 Å². The molecule has 0 saturated heterocycles. The Morgan fingerprint density at radius 2 is 1.59 bits per heavy atom. The molecule has 1 heterocycles. The number of rotatable bonds is 9. The molecule has 9 heteroatoms. The first kappa shape index (κ1) is 26.1. The summed E-state index contributed by atoms with van der Waals surface area (Å²) in [6, 6.07) is 19.6. The molecule has 0 aliphatic rings. The van der Waals surface area contributed by atoms with E-state index in [1.54, 1.807) is 18.2 Å². The number of benzene rings is 3. The summed E-state index contributed by atoms with van der Waals surface area (Å²) in [6.07, 6.45) is 0.919. The van der Waals surface area contributed by atoms with Gasteiger partial charge in [0.05, 0.1) is 22.5 Å². The van der Waals surface area contributed by atoms with Gasteiger partial charge in [-0.25, -0.2) is 22.9 Å². The Morgan fingerprint density at radius 3 is 2.22 bits per heavy atom. The van der Waals surface area contributed by atoms with Crippen molar-refractivity contribution in [2.45, 2.75) is 44.9 Å². The first-order valence-corrected chi connectivity index (χ1v) is 13.6. The molecule has 4 rings (SSSR count). The van der Waals surface area contributed by atoms with Gasteiger partial charge in [-0.1, -0.05) is 38.1 Å². The quantitative estimate of drug-likeness (QED) is 0.312. The molecule has 1 aromatic heterocycles. The molecule has 37 heavy (non-hydrogen) atoms. The lowest BCUT2D eigenvalue weighted by atomic mass is 10.1. The molecule has 0 atom stereocenters. The lowest BCUT2D eigenvalue weighted by Gasteiger charge is -2.11. The van der Waals surface area contributed by atoms with Crippen LogP contribution in [-0.4, -0.2) is 36.5 Å². The van der Waals surface area contributed by atoms with Gasteiger partial charge < -0.3 is 4.74 Å². The van der Waals surface area contributed by atoms with Gasteiger partial charge in [0, 0.05) is 24.1 Å². The molecule has 0 spiro atoms. The van der Waals surface area contributed by atoms with Crippen molar-refractivity contribution in [3.8, 4) is 5.69 Å². The summed E-state index contributed by atoms with van der Waals surface area (Å²) in [7, 11) is -3.99. The van der Waals surface area contributed by atoms with E-state index in [0.29, 0.717) is 12.0 Å². The number of imidazole rings is 1. The average Bonchev–Trinajstić information content (AvgIpc) is 3.26. The molecule has 0 unspecified atom stereocenters. The van der Waals surface area contributed by atoms with E-state index in [1.807, 2.05) is 55.0 Å². The Kier molecular flexibility index (Phi) is 7.73. The topological polar surface area (TPSA) is 107 Å². The van der Waals surface area contributed by atoms with Gasteiger partial charge in [0.25, 0.3) is 10.0 Å². The van der Waals surface area contributed by atoms with Crippen LogP contribution in [0.4, 0.5) is 4.79 Å². The molecule has 4 aromatic rings. The number of hydrogen-bond acceptors (Lipinski definition) is 6. The summed E-state index contributed by atoms with van der Waals surface area (Å²) in [4.78, 5) is 28.5. The minimum atomic E-state index is -3.99. The van der Waals surface area contributed by atoms with Crippen molar-refractivity contribution < 1.29 is 22.7 Å². The number of Topliss-reactive ketones (excluding diaryl/α,β-unsaturated/α-hetero) is 1. The molecule has 192 valence electrons. The van der Waals surface area contributed by atoms with Crippen LogP contribution in [0.1, 0.15) is 48.1 Å². The van der Waals surface area contributed by atoms with Crippen LogP contribution < -0.4 is 4.72 Å². The predicted molar refractivity (Wildman–Crippen MR) is 142 cm³/mol. The van der Waals surface area contributed by atoms with Crippen molar-refractivity contribution in [2.24, 2.45) is 0 Å². The van der Waals surface area contributed by atoms with Crippen molar-refractivity contribution in [3.63, 3.8) is 0 Å². The molecule has 1 N–H and O–H groups in total. The molecular weight excluding hydrogens is 490 g/mol. The highest BCUT2D eigenvalue weighted by Crippen LogP contribution is 2.24.